The molecule has 0 radical (unpaired) electrons. The van der Waals surface area contributed by atoms with Crippen LogP contribution in [0, 0.1) is 0 Å². The Balaban J connectivity index is 1.85. The van der Waals surface area contributed by atoms with Gasteiger partial charge < -0.3 is 19.7 Å². The number of carbonyl (C=O) groups excluding carboxylic acids is 1. The second-order valence-corrected chi connectivity index (χ2v) is 4.83. The zero-order valence-electron chi connectivity index (χ0n) is 12.3. The van der Waals surface area contributed by atoms with Crippen LogP contribution in [0.3, 0.4) is 0 Å². The van der Waals surface area contributed by atoms with Gasteiger partial charge in [0.1, 0.15) is 11.4 Å². The highest BCUT2D eigenvalue weighted by atomic mass is 16.5. The lowest BCUT2D eigenvalue weighted by atomic mass is 10.3. The van der Waals surface area contributed by atoms with Crippen LogP contribution in [0.25, 0.3) is 0 Å². The minimum atomic E-state index is -0.831. The summed E-state index contributed by atoms with van der Waals surface area (Å²) in [6.45, 7) is 0.349. The van der Waals surface area contributed by atoms with Crippen LogP contribution in [0.4, 0.5) is 5.69 Å². The van der Waals surface area contributed by atoms with Gasteiger partial charge in [-0.3, -0.25) is 9.59 Å². The van der Waals surface area contributed by atoms with Crippen molar-refractivity contribution in [2.24, 2.45) is 7.05 Å². The summed E-state index contributed by atoms with van der Waals surface area (Å²) < 4.78 is 7.17. The fourth-order valence-corrected chi connectivity index (χ4v) is 1.94. The largest absolute Gasteiger partial charge is 0.494 e. The van der Waals surface area contributed by atoms with Crippen LogP contribution in [0.1, 0.15) is 23.3 Å². The van der Waals surface area contributed by atoms with Gasteiger partial charge in [-0.2, -0.15) is 0 Å². The van der Waals surface area contributed by atoms with Gasteiger partial charge in [-0.15, -0.1) is 0 Å². The Labute approximate surface area is 128 Å². The number of amides is 1. The molecule has 2 rings (SSSR count). The molecule has 0 aliphatic carbocycles. The SMILES string of the molecule is Cn1cccc1C(=O)Nc1ccc(OCCCC(=O)O)cc1. The number of carbonyl (C=O) groups is 2. The lowest BCUT2D eigenvalue weighted by molar-refractivity contribution is -0.137. The highest BCUT2D eigenvalue weighted by Crippen LogP contribution is 2.17. The highest BCUT2D eigenvalue weighted by molar-refractivity contribution is 6.03. The van der Waals surface area contributed by atoms with Crippen LogP contribution in [0.15, 0.2) is 42.6 Å². The molecule has 0 saturated heterocycles. The summed E-state index contributed by atoms with van der Waals surface area (Å²) in [5.74, 6) is -0.368. The van der Waals surface area contributed by atoms with Gasteiger partial charge in [0, 0.05) is 25.4 Å². The fourth-order valence-electron chi connectivity index (χ4n) is 1.94. The number of nitrogens with zero attached hydrogens (tertiary/aromatic N) is 1. The molecule has 1 aromatic carbocycles. The number of carboxylic acids is 1. The third kappa shape index (κ3) is 4.37. The maximum Gasteiger partial charge on any atom is 0.303 e. The molecule has 6 heteroatoms. The predicted molar refractivity (Wildman–Crippen MR) is 82.2 cm³/mol. The van der Waals surface area contributed by atoms with Crippen molar-refractivity contribution in [1.82, 2.24) is 4.57 Å². The third-order valence-electron chi connectivity index (χ3n) is 3.09. The normalized spacial score (nSPS) is 10.2. The van der Waals surface area contributed by atoms with Crippen LogP contribution >= 0.6 is 0 Å². The number of ether oxygens (including phenoxy) is 1. The van der Waals surface area contributed by atoms with Gasteiger partial charge in [0.25, 0.3) is 5.91 Å². The lowest BCUT2D eigenvalue weighted by Gasteiger charge is -2.08. The first-order chi connectivity index (χ1) is 10.6. The Morgan fingerprint density at radius 3 is 2.55 bits per heavy atom. The van der Waals surface area contributed by atoms with Crippen LogP contribution < -0.4 is 10.1 Å². The standard InChI is InChI=1S/C16H18N2O4/c1-18-10-2-4-14(18)16(21)17-12-6-8-13(9-7-12)22-11-3-5-15(19)20/h2,4,6-10H,3,5,11H2,1H3,(H,17,21)(H,19,20). The van der Waals surface area contributed by atoms with E-state index in [0.29, 0.717) is 30.2 Å². The maximum absolute atomic E-state index is 12.0. The Hall–Kier alpha value is -2.76. The van der Waals surface area contributed by atoms with Gasteiger partial charge in [0.2, 0.25) is 0 Å². The number of hydrogen-bond donors (Lipinski definition) is 2. The Bertz CT molecular complexity index is 646. The molecule has 1 aromatic heterocycles. The number of aliphatic carboxylic acids is 1. The van der Waals surface area contributed by atoms with Gasteiger partial charge in [-0.05, 0) is 42.8 Å². The molecule has 6 nitrogen and oxygen atoms in total. The summed E-state index contributed by atoms with van der Waals surface area (Å²) in [4.78, 5) is 22.4. The zero-order chi connectivity index (χ0) is 15.9. The molecule has 116 valence electrons. The first-order valence-electron chi connectivity index (χ1n) is 6.93. The van der Waals surface area contributed by atoms with E-state index in [1.807, 2.05) is 19.3 Å². The summed E-state index contributed by atoms with van der Waals surface area (Å²) in [6, 6.07) is 10.5. The van der Waals surface area contributed by atoms with Crippen molar-refractivity contribution >= 4 is 17.6 Å². The second kappa shape index (κ2) is 7.31. The molecule has 2 aromatic rings. The molecule has 0 aliphatic heterocycles. The van der Waals surface area contributed by atoms with E-state index in [9.17, 15) is 9.59 Å². The van der Waals surface area contributed by atoms with Crippen LogP contribution in [0.5, 0.6) is 5.75 Å². The van der Waals surface area contributed by atoms with E-state index >= 15 is 0 Å². The van der Waals surface area contributed by atoms with E-state index in [4.69, 9.17) is 9.84 Å². The third-order valence-corrected chi connectivity index (χ3v) is 3.09. The number of carboxylic acid groups (broad SMARTS) is 1. The fraction of sp³-hybridized carbons (Fsp3) is 0.250. The van der Waals surface area contributed by atoms with Crippen molar-refractivity contribution in [3.05, 3.63) is 48.3 Å². The van der Waals surface area contributed by atoms with Gasteiger partial charge >= 0.3 is 5.97 Å². The number of aromatic nitrogens is 1. The van der Waals surface area contributed by atoms with Crippen molar-refractivity contribution in [2.75, 3.05) is 11.9 Å². The van der Waals surface area contributed by atoms with E-state index < -0.39 is 5.97 Å². The van der Waals surface area contributed by atoms with Crippen molar-refractivity contribution in [3.63, 3.8) is 0 Å². The molecule has 0 unspecified atom stereocenters. The number of benzene rings is 1. The molecule has 0 spiro atoms. The number of hydrogen-bond acceptors (Lipinski definition) is 3. The first kappa shape index (κ1) is 15.6. The van der Waals surface area contributed by atoms with Gasteiger partial charge in [-0.25, -0.2) is 0 Å². The molecule has 1 heterocycles. The summed E-state index contributed by atoms with van der Waals surface area (Å²) in [6.07, 6.45) is 2.36. The van der Waals surface area contributed by atoms with Crippen molar-refractivity contribution in [2.45, 2.75) is 12.8 Å². The van der Waals surface area contributed by atoms with Crippen molar-refractivity contribution < 1.29 is 19.4 Å². The molecule has 1 amide bonds. The average Bonchev–Trinajstić information content (AvgIpc) is 2.91. The monoisotopic (exact) mass is 302 g/mol. The van der Waals surface area contributed by atoms with E-state index in [0.717, 1.165) is 0 Å². The molecule has 0 atom stereocenters. The topological polar surface area (TPSA) is 80.6 Å². The lowest BCUT2D eigenvalue weighted by Crippen LogP contribution is -2.15. The zero-order valence-corrected chi connectivity index (χ0v) is 12.3. The molecule has 0 bridgehead atoms. The first-order valence-corrected chi connectivity index (χ1v) is 6.93. The van der Waals surface area contributed by atoms with Crippen LogP contribution in [-0.2, 0) is 11.8 Å². The summed E-state index contributed by atoms with van der Waals surface area (Å²) in [5.41, 5.74) is 1.25. The predicted octanol–water partition coefficient (Wildman–Crippen LogP) is 2.52. The summed E-state index contributed by atoms with van der Waals surface area (Å²) in [7, 11) is 1.81. The van der Waals surface area contributed by atoms with E-state index in [1.165, 1.54) is 0 Å². The molecule has 22 heavy (non-hydrogen) atoms. The molecular formula is C16H18N2O4. The van der Waals surface area contributed by atoms with Crippen molar-refractivity contribution in [3.8, 4) is 5.75 Å². The Kier molecular flexibility index (Phi) is 5.19. The van der Waals surface area contributed by atoms with Gasteiger partial charge in [-0.1, -0.05) is 0 Å². The number of nitrogens with one attached hydrogen (secondary N) is 1. The minimum Gasteiger partial charge on any atom is -0.494 e. The Morgan fingerprint density at radius 2 is 1.95 bits per heavy atom. The van der Waals surface area contributed by atoms with Gasteiger partial charge in [0.05, 0.1) is 6.61 Å². The number of anilines is 1. The Morgan fingerprint density at radius 1 is 1.23 bits per heavy atom. The van der Waals surface area contributed by atoms with Crippen molar-refractivity contribution in [1.29, 1.82) is 0 Å². The highest BCUT2D eigenvalue weighted by Gasteiger charge is 2.08. The molecule has 0 aliphatic rings. The van der Waals surface area contributed by atoms with Gasteiger partial charge in [0.15, 0.2) is 0 Å². The smallest absolute Gasteiger partial charge is 0.303 e. The summed E-state index contributed by atoms with van der Waals surface area (Å²) >= 11 is 0. The molecular weight excluding hydrogens is 284 g/mol. The number of aryl methyl sites for hydroxylation is 1. The quantitative estimate of drug-likeness (QED) is 0.770. The maximum atomic E-state index is 12.0. The van der Waals surface area contributed by atoms with E-state index in [1.54, 1.807) is 34.9 Å². The van der Waals surface area contributed by atoms with E-state index in [-0.39, 0.29) is 12.3 Å². The van der Waals surface area contributed by atoms with Crippen LogP contribution in [-0.4, -0.2) is 28.2 Å². The second-order valence-electron chi connectivity index (χ2n) is 4.83. The molecule has 2 N–H and O–H groups in total. The molecule has 0 saturated carbocycles. The average molecular weight is 302 g/mol. The minimum absolute atomic E-state index is 0.0881. The van der Waals surface area contributed by atoms with E-state index in [2.05, 4.69) is 5.32 Å². The summed E-state index contributed by atoms with van der Waals surface area (Å²) in [5, 5.41) is 11.3. The van der Waals surface area contributed by atoms with Crippen LogP contribution in [0.2, 0.25) is 0 Å². The molecule has 0 fully saturated rings. The number of rotatable bonds is 7.